The Labute approximate surface area is 261 Å². The standard InChI is InChI=1S/C33H39N7O3S/c1-19(25-8-6-14-39(25)3)42-27-17-24(21-10-15-40(16-11-21)20(2)41)36-32(37-27)29-22-7-4-12-33(30(22)43-38-29)13-5-9-26-28(33)23(18-34)31(35)44-26/h10,17,19,25H,4-9,11-16,35H2,1-3H3/t19-,25-,33-/m0/s1. The lowest BCUT2D eigenvalue weighted by molar-refractivity contribution is -0.128. The van der Waals surface area contributed by atoms with Crippen LogP contribution in [-0.2, 0) is 23.1 Å². The third-order valence-corrected chi connectivity index (χ3v) is 11.3. The number of carbonyl (C=O) groups is 1. The lowest BCUT2D eigenvalue weighted by atomic mass is 9.63. The molecule has 3 atom stereocenters. The number of aryl methyl sites for hydroxylation is 1. The van der Waals surface area contributed by atoms with Crippen molar-refractivity contribution < 1.29 is 14.1 Å². The van der Waals surface area contributed by atoms with Crippen LogP contribution in [0.25, 0.3) is 17.1 Å². The second-order valence-electron chi connectivity index (χ2n) is 12.8. The van der Waals surface area contributed by atoms with Gasteiger partial charge in [-0.1, -0.05) is 11.2 Å². The number of likely N-dealkylation sites (tertiary alicyclic amines) is 1. The molecule has 230 valence electrons. The molecule has 2 aliphatic carbocycles. The summed E-state index contributed by atoms with van der Waals surface area (Å²) in [6.45, 7) is 5.99. The number of fused-ring (bicyclic) bond motifs is 4. The molecular formula is C33H39N7O3S. The molecule has 3 aromatic rings. The summed E-state index contributed by atoms with van der Waals surface area (Å²) in [6.07, 6.45) is 10.5. The van der Waals surface area contributed by atoms with Crippen molar-refractivity contribution in [2.75, 3.05) is 32.4 Å². The van der Waals surface area contributed by atoms with Crippen molar-refractivity contribution >= 4 is 27.8 Å². The average Bonchev–Trinajstić information content (AvgIpc) is 3.74. The minimum Gasteiger partial charge on any atom is -0.473 e. The van der Waals surface area contributed by atoms with Crippen LogP contribution in [0.1, 0.15) is 91.8 Å². The van der Waals surface area contributed by atoms with E-state index < -0.39 is 5.41 Å². The summed E-state index contributed by atoms with van der Waals surface area (Å²) in [6, 6.07) is 4.65. The number of thiophene rings is 1. The van der Waals surface area contributed by atoms with Gasteiger partial charge in [0.2, 0.25) is 11.8 Å². The Kier molecular flexibility index (Phi) is 7.45. The van der Waals surface area contributed by atoms with Crippen molar-refractivity contribution in [3.63, 3.8) is 0 Å². The first-order valence-corrected chi connectivity index (χ1v) is 16.6. The lowest BCUT2D eigenvalue weighted by Gasteiger charge is -2.39. The number of nitrogens with two attached hydrogens (primary N) is 1. The zero-order chi connectivity index (χ0) is 30.6. The van der Waals surface area contributed by atoms with Crippen LogP contribution >= 0.6 is 11.3 Å². The largest absolute Gasteiger partial charge is 0.473 e. The molecule has 0 aromatic carbocycles. The minimum absolute atomic E-state index is 0.0461. The number of hydrogen-bond acceptors (Lipinski definition) is 10. The van der Waals surface area contributed by atoms with Crippen molar-refractivity contribution in [2.24, 2.45) is 0 Å². The zero-order valence-electron chi connectivity index (χ0n) is 25.7. The van der Waals surface area contributed by atoms with Crippen LogP contribution in [-0.4, -0.2) is 69.7 Å². The number of nitrogens with zero attached hydrogens (tertiary/aromatic N) is 6. The molecule has 0 saturated carbocycles. The summed E-state index contributed by atoms with van der Waals surface area (Å²) in [5.41, 5.74) is 11.1. The van der Waals surface area contributed by atoms with E-state index in [1.54, 1.807) is 18.3 Å². The third kappa shape index (κ3) is 4.79. The predicted molar refractivity (Wildman–Crippen MR) is 168 cm³/mol. The van der Waals surface area contributed by atoms with Gasteiger partial charge >= 0.3 is 0 Å². The number of likely N-dealkylation sites (N-methyl/N-ethyl adjacent to an activating group) is 1. The summed E-state index contributed by atoms with van der Waals surface area (Å²) in [5, 5.41) is 15.3. The third-order valence-electron chi connectivity index (χ3n) is 10.2. The summed E-state index contributed by atoms with van der Waals surface area (Å²) < 4.78 is 12.8. The molecular weight excluding hydrogens is 574 g/mol. The second kappa shape index (κ2) is 11.3. The van der Waals surface area contributed by atoms with Crippen LogP contribution in [0.3, 0.4) is 0 Å². The normalized spacial score (nSPS) is 24.0. The molecule has 7 rings (SSSR count). The van der Waals surface area contributed by atoms with Crippen molar-refractivity contribution in [3.8, 4) is 23.5 Å². The summed E-state index contributed by atoms with van der Waals surface area (Å²) >= 11 is 1.54. The highest BCUT2D eigenvalue weighted by Crippen LogP contribution is 2.55. The molecule has 1 amide bonds. The van der Waals surface area contributed by atoms with Gasteiger partial charge in [0, 0.05) is 42.6 Å². The van der Waals surface area contributed by atoms with Crippen LogP contribution in [0.4, 0.5) is 5.00 Å². The smallest absolute Gasteiger partial charge is 0.219 e. The van der Waals surface area contributed by atoms with Crippen LogP contribution < -0.4 is 10.5 Å². The van der Waals surface area contributed by atoms with Gasteiger partial charge in [-0.2, -0.15) is 10.2 Å². The number of anilines is 1. The predicted octanol–water partition coefficient (Wildman–Crippen LogP) is 5.10. The van der Waals surface area contributed by atoms with Gasteiger partial charge in [-0.3, -0.25) is 9.69 Å². The van der Waals surface area contributed by atoms with E-state index in [9.17, 15) is 10.1 Å². The Bertz CT molecular complexity index is 1680. The molecule has 1 fully saturated rings. The highest BCUT2D eigenvalue weighted by atomic mass is 32.1. The van der Waals surface area contributed by atoms with Crippen LogP contribution in [0.2, 0.25) is 0 Å². The molecule has 2 N–H and O–H groups in total. The van der Waals surface area contributed by atoms with E-state index in [0.29, 0.717) is 53.5 Å². The van der Waals surface area contributed by atoms with Crippen molar-refractivity contribution in [1.82, 2.24) is 24.9 Å². The van der Waals surface area contributed by atoms with E-state index in [1.807, 2.05) is 11.0 Å². The highest BCUT2D eigenvalue weighted by molar-refractivity contribution is 7.16. The number of nitriles is 1. The van der Waals surface area contributed by atoms with Crippen LogP contribution in [0.15, 0.2) is 16.7 Å². The van der Waals surface area contributed by atoms with Gasteiger partial charge in [-0.25, -0.2) is 4.98 Å². The minimum atomic E-state index is -0.411. The summed E-state index contributed by atoms with van der Waals surface area (Å²) in [4.78, 5) is 27.3. The molecule has 0 radical (unpaired) electrons. The van der Waals surface area contributed by atoms with Gasteiger partial charge < -0.3 is 19.9 Å². The Morgan fingerprint density at radius 1 is 1.23 bits per heavy atom. The number of rotatable bonds is 5. The fourth-order valence-corrected chi connectivity index (χ4v) is 9.12. The van der Waals surface area contributed by atoms with Gasteiger partial charge in [0.1, 0.15) is 17.2 Å². The molecule has 5 heterocycles. The quantitative estimate of drug-likeness (QED) is 0.417. The van der Waals surface area contributed by atoms with Crippen molar-refractivity contribution in [1.29, 1.82) is 5.26 Å². The lowest BCUT2D eigenvalue weighted by Crippen LogP contribution is -2.38. The van der Waals surface area contributed by atoms with E-state index in [2.05, 4.69) is 36.2 Å². The monoisotopic (exact) mass is 613 g/mol. The first kappa shape index (κ1) is 29.0. The fraction of sp³-hybridized carbons (Fsp3) is 0.545. The van der Waals surface area contributed by atoms with Gasteiger partial charge in [-0.05, 0) is 89.4 Å². The maximum atomic E-state index is 12.0. The van der Waals surface area contributed by atoms with Gasteiger partial charge in [0.05, 0.1) is 16.7 Å². The fourth-order valence-electron chi connectivity index (χ4n) is 7.96. The van der Waals surface area contributed by atoms with E-state index in [-0.39, 0.29) is 12.0 Å². The Morgan fingerprint density at radius 3 is 2.75 bits per heavy atom. The number of carbonyl (C=O) groups excluding carboxylic acids is 1. The molecule has 2 aliphatic heterocycles. The molecule has 11 heteroatoms. The van der Waals surface area contributed by atoms with E-state index in [0.717, 1.165) is 86.1 Å². The van der Waals surface area contributed by atoms with Crippen molar-refractivity contribution in [3.05, 3.63) is 45.2 Å². The first-order chi connectivity index (χ1) is 21.3. The second-order valence-corrected chi connectivity index (χ2v) is 13.9. The highest BCUT2D eigenvalue weighted by Gasteiger charge is 2.49. The zero-order valence-corrected chi connectivity index (χ0v) is 26.5. The SMILES string of the molecule is CC(=O)N1CC=C(c2cc(O[C@@H](C)[C@@H]3CCCN3C)nc(-c3noc4c3CCC[C@@]43CCCc4sc(N)c(C#N)c43)n2)CC1. The molecule has 44 heavy (non-hydrogen) atoms. The number of nitrogen functional groups attached to an aromatic ring is 1. The first-order valence-electron chi connectivity index (χ1n) is 15.8. The molecule has 3 aromatic heterocycles. The van der Waals surface area contributed by atoms with Crippen molar-refractivity contribution in [2.45, 2.75) is 89.2 Å². The Balaban J connectivity index is 1.31. The van der Waals surface area contributed by atoms with E-state index in [4.69, 9.17) is 25.0 Å². The van der Waals surface area contributed by atoms with Gasteiger partial charge in [0.15, 0.2) is 17.3 Å². The number of amides is 1. The van der Waals surface area contributed by atoms with Crippen LogP contribution in [0.5, 0.6) is 5.88 Å². The maximum absolute atomic E-state index is 12.0. The van der Waals surface area contributed by atoms with Gasteiger partial charge in [0.25, 0.3) is 0 Å². The van der Waals surface area contributed by atoms with E-state index >= 15 is 0 Å². The molecule has 10 nitrogen and oxygen atoms in total. The molecule has 0 unspecified atom stereocenters. The summed E-state index contributed by atoms with van der Waals surface area (Å²) in [5.74, 6) is 1.92. The molecule has 1 spiro atoms. The number of hydrogen-bond donors (Lipinski definition) is 1. The Hall–Kier alpha value is -3.75. The topological polar surface area (TPSA) is 134 Å². The maximum Gasteiger partial charge on any atom is 0.219 e. The molecule has 0 bridgehead atoms. The molecule has 4 aliphatic rings. The average molecular weight is 614 g/mol. The van der Waals surface area contributed by atoms with Crippen LogP contribution in [0, 0.1) is 11.3 Å². The Morgan fingerprint density at radius 2 is 2.05 bits per heavy atom. The molecule has 1 saturated heterocycles. The number of aromatic nitrogens is 3. The number of ether oxygens (including phenoxy) is 1. The van der Waals surface area contributed by atoms with E-state index in [1.165, 1.54) is 4.88 Å². The summed E-state index contributed by atoms with van der Waals surface area (Å²) in [7, 11) is 2.15. The van der Waals surface area contributed by atoms with Gasteiger partial charge in [-0.15, -0.1) is 11.3 Å².